The van der Waals surface area contributed by atoms with E-state index < -0.39 is 15.8 Å². The van der Waals surface area contributed by atoms with E-state index in [0.29, 0.717) is 54.3 Å². The lowest BCUT2D eigenvalue weighted by atomic mass is 10.0. The molecule has 1 fully saturated rings. The fourth-order valence-corrected chi connectivity index (χ4v) is 5.68. The summed E-state index contributed by atoms with van der Waals surface area (Å²) in [5.41, 5.74) is 1.51. The zero-order chi connectivity index (χ0) is 22.9. The Morgan fingerprint density at radius 2 is 1.81 bits per heavy atom. The zero-order valence-electron chi connectivity index (χ0n) is 16.9. The van der Waals surface area contributed by atoms with E-state index in [1.54, 1.807) is 23.1 Å². The van der Waals surface area contributed by atoms with E-state index in [-0.39, 0.29) is 22.4 Å². The highest BCUT2D eigenvalue weighted by Crippen LogP contribution is 2.22. The molecule has 11 heteroatoms. The zero-order valence-corrected chi connectivity index (χ0v) is 19.3. The van der Waals surface area contributed by atoms with Gasteiger partial charge in [-0.1, -0.05) is 23.2 Å². The Hall–Kier alpha value is -2.33. The summed E-state index contributed by atoms with van der Waals surface area (Å²) >= 11 is 12.0. The number of likely N-dealkylation sites (tertiary alicyclic amines) is 1. The van der Waals surface area contributed by atoms with Crippen LogP contribution in [0.4, 0.5) is 0 Å². The van der Waals surface area contributed by atoms with Gasteiger partial charge in [-0.05, 0) is 55.2 Å². The van der Waals surface area contributed by atoms with Crippen LogP contribution in [0.3, 0.4) is 0 Å². The number of carbonyl (C=O) groups excluding carboxylic acids is 1. The molecule has 3 aromatic rings. The van der Waals surface area contributed by atoms with Gasteiger partial charge in [0.25, 0.3) is 0 Å². The first-order chi connectivity index (χ1) is 15.2. The number of rotatable bonds is 6. The van der Waals surface area contributed by atoms with E-state index in [4.69, 9.17) is 27.6 Å². The van der Waals surface area contributed by atoms with Crippen molar-refractivity contribution in [2.75, 3.05) is 13.1 Å². The Balaban J connectivity index is 1.31. The van der Waals surface area contributed by atoms with Crippen molar-refractivity contribution in [3.63, 3.8) is 0 Å². The number of nitrogens with zero attached hydrogens (tertiary/aromatic N) is 1. The van der Waals surface area contributed by atoms with E-state index >= 15 is 0 Å². The second kappa shape index (κ2) is 9.27. The molecule has 0 saturated carbocycles. The summed E-state index contributed by atoms with van der Waals surface area (Å²) in [6.07, 6.45) is 1.88. The van der Waals surface area contributed by atoms with E-state index in [9.17, 15) is 18.0 Å². The Bertz CT molecular complexity index is 1290. The lowest BCUT2D eigenvalue weighted by Crippen LogP contribution is -2.46. The van der Waals surface area contributed by atoms with E-state index in [0.717, 1.165) is 5.56 Å². The van der Waals surface area contributed by atoms with Crippen LogP contribution in [0.1, 0.15) is 24.8 Å². The van der Waals surface area contributed by atoms with Crippen LogP contribution in [0.5, 0.6) is 0 Å². The summed E-state index contributed by atoms with van der Waals surface area (Å²) in [5, 5.41) is 1.07. The number of aromatic amines is 1. The maximum Gasteiger partial charge on any atom is 0.417 e. The van der Waals surface area contributed by atoms with Crippen LogP contribution in [0.25, 0.3) is 11.1 Å². The normalized spacial score (nSPS) is 15.4. The van der Waals surface area contributed by atoms with Crippen molar-refractivity contribution in [2.24, 2.45) is 0 Å². The molecule has 2 heterocycles. The lowest BCUT2D eigenvalue weighted by Gasteiger charge is -2.32. The number of carbonyl (C=O) groups is 1. The van der Waals surface area contributed by atoms with Crippen LogP contribution in [0.2, 0.25) is 10.0 Å². The van der Waals surface area contributed by atoms with Crippen molar-refractivity contribution in [2.45, 2.75) is 36.6 Å². The smallest absolute Gasteiger partial charge is 0.408 e. The van der Waals surface area contributed by atoms with Gasteiger partial charge in [-0.3, -0.25) is 9.78 Å². The number of hydrogen-bond donors (Lipinski definition) is 2. The molecule has 0 atom stereocenters. The van der Waals surface area contributed by atoms with Crippen LogP contribution >= 0.6 is 23.2 Å². The molecule has 0 radical (unpaired) electrons. The maximum atomic E-state index is 12.7. The number of oxazole rings is 1. The minimum Gasteiger partial charge on any atom is -0.408 e. The van der Waals surface area contributed by atoms with Gasteiger partial charge in [0.15, 0.2) is 5.58 Å². The summed E-state index contributed by atoms with van der Waals surface area (Å²) in [7, 11) is -3.79. The molecular formula is C21H21Cl2N3O5S. The maximum absolute atomic E-state index is 12.7. The first-order valence-corrected chi connectivity index (χ1v) is 12.3. The molecule has 32 heavy (non-hydrogen) atoms. The molecule has 1 aliphatic heterocycles. The molecule has 1 amide bonds. The standard InChI is InChI=1S/C21H21Cl2N3O5S/c22-14-9-13(10-15(23)11-14)1-4-20(27)26-7-5-16(6-8-26)25-32(29,30)17-2-3-18-19(12-17)31-21(28)24-18/h2-3,9-12,16,25H,1,4-8H2,(H,24,28). The van der Waals surface area contributed by atoms with Gasteiger partial charge in [0.1, 0.15) is 0 Å². The SMILES string of the molecule is O=C(CCc1cc(Cl)cc(Cl)c1)N1CCC(NS(=O)(=O)c2ccc3[nH]c(=O)oc3c2)CC1. The van der Waals surface area contributed by atoms with Crippen LogP contribution in [0.15, 0.2) is 50.5 Å². The number of benzene rings is 2. The summed E-state index contributed by atoms with van der Waals surface area (Å²) in [5.74, 6) is -0.631. The van der Waals surface area contributed by atoms with E-state index in [1.165, 1.54) is 18.2 Å². The molecule has 0 unspecified atom stereocenters. The molecule has 4 rings (SSSR count). The molecular weight excluding hydrogens is 477 g/mol. The van der Waals surface area contributed by atoms with Crippen molar-refractivity contribution in [1.29, 1.82) is 0 Å². The van der Waals surface area contributed by atoms with Gasteiger partial charge in [0, 0.05) is 41.7 Å². The molecule has 0 bridgehead atoms. The van der Waals surface area contributed by atoms with Gasteiger partial charge < -0.3 is 9.32 Å². The number of fused-ring (bicyclic) bond motifs is 1. The van der Waals surface area contributed by atoms with Crippen LogP contribution in [-0.2, 0) is 21.2 Å². The van der Waals surface area contributed by atoms with Crippen LogP contribution < -0.4 is 10.5 Å². The first-order valence-electron chi connectivity index (χ1n) is 10.1. The van der Waals surface area contributed by atoms with Crippen molar-refractivity contribution in [3.8, 4) is 0 Å². The van der Waals surface area contributed by atoms with Crippen LogP contribution in [0, 0.1) is 0 Å². The van der Waals surface area contributed by atoms with Crippen molar-refractivity contribution in [3.05, 3.63) is 62.6 Å². The Labute approximate surface area is 194 Å². The van der Waals surface area contributed by atoms with E-state index in [2.05, 4.69) is 9.71 Å². The number of amides is 1. The van der Waals surface area contributed by atoms with Gasteiger partial charge in [0.2, 0.25) is 15.9 Å². The second-order valence-corrected chi connectivity index (χ2v) is 10.3. The minimum absolute atomic E-state index is 0.00958. The molecule has 1 saturated heterocycles. The highest BCUT2D eigenvalue weighted by atomic mass is 35.5. The van der Waals surface area contributed by atoms with Crippen molar-refractivity contribution < 1.29 is 17.6 Å². The number of sulfonamides is 1. The molecule has 1 aromatic heterocycles. The minimum atomic E-state index is -3.79. The molecule has 0 aliphatic carbocycles. The van der Waals surface area contributed by atoms with Gasteiger partial charge in [-0.2, -0.15) is 0 Å². The molecule has 1 aliphatic rings. The third kappa shape index (κ3) is 5.35. The van der Waals surface area contributed by atoms with Gasteiger partial charge in [0.05, 0.1) is 10.4 Å². The van der Waals surface area contributed by atoms with E-state index in [1.807, 2.05) is 0 Å². The third-order valence-electron chi connectivity index (χ3n) is 5.42. The van der Waals surface area contributed by atoms with Gasteiger partial charge in [-0.15, -0.1) is 0 Å². The Morgan fingerprint density at radius 1 is 1.12 bits per heavy atom. The second-order valence-electron chi connectivity index (χ2n) is 7.73. The average molecular weight is 498 g/mol. The third-order valence-corrected chi connectivity index (χ3v) is 7.38. The number of aromatic nitrogens is 1. The molecule has 0 spiro atoms. The number of H-pyrrole nitrogens is 1. The fourth-order valence-electron chi connectivity index (χ4n) is 3.79. The summed E-state index contributed by atoms with van der Waals surface area (Å²) in [4.78, 5) is 28.1. The molecule has 170 valence electrons. The van der Waals surface area contributed by atoms with Gasteiger partial charge in [-0.25, -0.2) is 17.9 Å². The highest BCUT2D eigenvalue weighted by molar-refractivity contribution is 7.89. The lowest BCUT2D eigenvalue weighted by molar-refractivity contribution is -0.132. The monoisotopic (exact) mass is 497 g/mol. The van der Waals surface area contributed by atoms with Gasteiger partial charge >= 0.3 is 5.76 Å². The predicted octanol–water partition coefficient (Wildman–Crippen LogP) is 3.33. The Morgan fingerprint density at radius 3 is 2.50 bits per heavy atom. The number of hydrogen-bond acceptors (Lipinski definition) is 5. The topological polar surface area (TPSA) is 112 Å². The quantitative estimate of drug-likeness (QED) is 0.542. The Kier molecular flexibility index (Phi) is 6.62. The summed E-state index contributed by atoms with van der Waals surface area (Å²) in [6.45, 7) is 0.933. The van der Waals surface area contributed by atoms with Crippen molar-refractivity contribution >= 4 is 50.2 Å². The number of aryl methyl sites for hydroxylation is 1. The summed E-state index contributed by atoms with van der Waals surface area (Å²) < 4.78 is 33.1. The number of piperidine rings is 1. The van der Waals surface area contributed by atoms with Crippen molar-refractivity contribution in [1.82, 2.24) is 14.6 Å². The highest BCUT2D eigenvalue weighted by Gasteiger charge is 2.27. The predicted molar refractivity (Wildman–Crippen MR) is 122 cm³/mol. The number of nitrogens with one attached hydrogen (secondary N) is 2. The fraction of sp³-hybridized carbons (Fsp3) is 0.333. The molecule has 2 aromatic carbocycles. The first kappa shape index (κ1) is 22.8. The largest absolute Gasteiger partial charge is 0.417 e. The molecule has 2 N–H and O–H groups in total. The van der Waals surface area contributed by atoms with Crippen LogP contribution in [-0.4, -0.2) is 43.3 Å². The summed E-state index contributed by atoms with van der Waals surface area (Å²) in [6, 6.07) is 9.16. The molecule has 8 nitrogen and oxygen atoms in total. The number of halogens is 2. The average Bonchev–Trinajstić information content (AvgIpc) is 3.11.